The number of aromatic nitrogens is 1. The fourth-order valence-electron chi connectivity index (χ4n) is 5.87. The number of nitrogens with zero attached hydrogens (tertiary/aromatic N) is 1. The smallest absolute Gasteiger partial charge is 0.332 e. The number of carboxylic acid groups (broad SMARTS) is 1. The van der Waals surface area contributed by atoms with Crippen LogP contribution in [0.5, 0.6) is 23.0 Å². The third-order valence-corrected chi connectivity index (χ3v) is 8.33. The largest absolute Gasteiger partial charge is 0.493 e. The molecule has 1 fully saturated rings. The maximum Gasteiger partial charge on any atom is 0.332 e. The predicted molar refractivity (Wildman–Crippen MR) is 164 cm³/mol. The van der Waals surface area contributed by atoms with Crippen molar-refractivity contribution in [3.05, 3.63) is 77.6 Å². The van der Waals surface area contributed by atoms with Gasteiger partial charge in [-0.25, -0.2) is 9.78 Å². The van der Waals surface area contributed by atoms with Crippen molar-refractivity contribution in [2.45, 2.75) is 45.9 Å². The summed E-state index contributed by atoms with van der Waals surface area (Å²) in [4.78, 5) is 57.2. The van der Waals surface area contributed by atoms with E-state index < -0.39 is 59.8 Å². The van der Waals surface area contributed by atoms with Crippen LogP contribution in [0.4, 0.5) is 0 Å². The zero-order valence-electron chi connectivity index (χ0n) is 26.4. The number of methoxy groups -OCH3 is 1. The van der Waals surface area contributed by atoms with Crippen molar-refractivity contribution in [2.75, 3.05) is 20.5 Å². The van der Waals surface area contributed by atoms with Gasteiger partial charge in [0.05, 0.1) is 18.4 Å². The number of ether oxygens (including phenoxy) is 6. The highest BCUT2D eigenvalue weighted by Crippen LogP contribution is 2.40. The van der Waals surface area contributed by atoms with Gasteiger partial charge in [0, 0.05) is 18.2 Å². The Kier molecular flexibility index (Phi) is 9.83. The lowest BCUT2D eigenvalue weighted by Gasteiger charge is -2.38. The van der Waals surface area contributed by atoms with Crippen LogP contribution in [0.25, 0.3) is 0 Å². The number of carboxylic acids is 1. The van der Waals surface area contributed by atoms with Crippen molar-refractivity contribution >= 4 is 23.8 Å². The first-order valence-corrected chi connectivity index (χ1v) is 15.0. The molecule has 1 amide bonds. The van der Waals surface area contributed by atoms with Gasteiger partial charge in [0.25, 0.3) is 5.91 Å². The quantitative estimate of drug-likeness (QED) is 0.307. The summed E-state index contributed by atoms with van der Waals surface area (Å²) in [6.45, 7) is 4.07. The van der Waals surface area contributed by atoms with E-state index in [2.05, 4.69) is 10.3 Å². The molecular formula is C34H36N2O11. The zero-order chi connectivity index (χ0) is 33.7. The van der Waals surface area contributed by atoms with Crippen molar-refractivity contribution in [3.8, 4) is 23.0 Å². The molecule has 2 aliphatic heterocycles. The zero-order valence-corrected chi connectivity index (χ0v) is 26.4. The minimum absolute atomic E-state index is 0.0122. The molecule has 13 nitrogen and oxygen atoms in total. The normalized spacial score (nSPS) is 20.9. The molecule has 0 bridgehead atoms. The van der Waals surface area contributed by atoms with E-state index in [1.54, 1.807) is 18.2 Å². The lowest BCUT2D eigenvalue weighted by Crippen LogP contribution is -2.48. The van der Waals surface area contributed by atoms with Crippen LogP contribution in [0.15, 0.2) is 60.8 Å². The second-order valence-electron chi connectivity index (χ2n) is 11.8. The monoisotopic (exact) mass is 648 g/mol. The number of pyridine rings is 1. The molecule has 13 heteroatoms. The maximum absolute atomic E-state index is 13.6. The second-order valence-corrected chi connectivity index (χ2v) is 11.8. The van der Waals surface area contributed by atoms with E-state index in [4.69, 9.17) is 28.4 Å². The number of aliphatic carboxylic acids is 1. The Hall–Kier alpha value is -5.33. The summed E-state index contributed by atoms with van der Waals surface area (Å²) in [5.41, 5.74) is -0.184. The molecule has 2 aliphatic rings. The predicted octanol–water partition coefficient (Wildman–Crippen LogP) is 3.57. The van der Waals surface area contributed by atoms with Gasteiger partial charge in [0.1, 0.15) is 19.3 Å². The highest BCUT2D eigenvalue weighted by molar-refractivity contribution is 5.98. The van der Waals surface area contributed by atoms with Crippen LogP contribution in [0.1, 0.15) is 42.4 Å². The van der Waals surface area contributed by atoms with Crippen LogP contribution >= 0.6 is 0 Å². The minimum atomic E-state index is -1.49. The first-order chi connectivity index (χ1) is 22.5. The summed E-state index contributed by atoms with van der Waals surface area (Å²) in [5, 5.41) is 12.7. The average Bonchev–Trinajstić information content (AvgIpc) is 3.53. The van der Waals surface area contributed by atoms with Crippen molar-refractivity contribution in [1.29, 1.82) is 0 Å². The Morgan fingerprint density at radius 2 is 1.74 bits per heavy atom. The summed E-state index contributed by atoms with van der Waals surface area (Å²) in [6.07, 6.45) is 0.456. The van der Waals surface area contributed by atoms with Crippen LogP contribution in [0.3, 0.4) is 0 Å². The second kappa shape index (κ2) is 14.0. The fraction of sp³-hybridized carbons (Fsp3) is 0.382. The Labute approximate surface area is 271 Å². The number of benzene rings is 2. The lowest BCUT2D eigenvalue weighted by molar-refractivity contribution is -0.168. The lowest BCUT2D eigenvalue weighted by atomic mass is 9.67. The van der Waals surface area contributed by atoms with Crippen LogP contribution in [-0.2, 0) is 36.9 Å². The topological polar surface area (TPSA) is 169 Å². The third-order valence-electron chi connectivity index (χ3n) is 8.33. The first kappa shape index (κ1) is 33.0. The summed E-state index contributed by atoms with van der Waals surface area (Å²) >= 11 is 0. The maximum atomic E-state index is 13.6. The number of carbonyl (C=O) groups is 4. The van der Waals surface area contributed by atoms with Gasteiger partial charge in [-0.15, -0.1) is 0 Å². The number of fused-ring (bicyclic) bond motifs is 1. The highest BCUT2D eigenvalue weighted by Gasteiger charge is 2.50. The number of rotatable bonds is 10. The molecule has 2 aromatic carbocycles. The molecule has 0 aliphatic carbocycles. The van der Waals surface area contributed by atoms with Gasteiger partial charge < -0.3 is 38.8 Å². The third kappa shape index (κ3) is 7.24. The molecule has 2 N–H and O–H groups in total. The van der Waals surface area contributed by atoms with Gasteiger partial charge in [-0.3, -0.25) is 14.4 Å². The van der Waals surface area contributed by atoms with Crippen LogP contribution in [0.2, 0.25) is 0 Å². The standard InChI is InChI=1S/C34H36N2O11/c1-19-27(34(2,3)33(40)41)22(14-20-8-6-5-7-9-20)31(38)44-17-23(32(39)47-19)36-30(37)28-29(25(42-4)12-13-35-28)43-16-21-10-11-24-26(15-21)46-18-45-24/h5-13,15,19,22-23,27H,14,16-18H2,1-4H3,(H,36,37)(H,40,41)/t19-,22+,23-,27+/m0/s1. The van der Waals surface area contributed by atoms with E-state index >= 15 is 0 Å². The van der Waals surface area contributed by atoms with Crippen LogP contribution in [0, 0.1) is 17.3 Å². The molecule has 3 heterocycles. The molecule has 0 radical (unpaired) electrons. The Morgan fingerprint density at radius 3 is 2.47 bits per heavy atom. The fourth-order valence-corrected chi connectivity index (χ4v) is 5.87. The number of esters is 2. The van der Waals surface area contributed by atoms with Gasteiger partial charge in [-0.1, -0.05) is 36.4 Å². The van der Waals surface area contributed by atoms with E-state index in [1.807, 2.05) is 30.3 Å². The molecule has 1 saturated heterocycles. The van der Waals surface area contributed by atoms with Gasteiger partial charge in [0.2, 0.25) is 6.79 Å². The number of hydrogen-bond donors (Lipinski definition) is 2. The molecular weight excluding hydrogens is 612 g/mol. The van der Waals surface area contributed by atoms with Crippen molar-refractivity contribution < 1.29 is 52.7 Å². The molecule has 47 heavy (non-hydrogen) atoms. The van der Waals surface area contributed by atoms with Gasteiger partial charge in [0.15, 0.2) is 34.7 Å². The number of hydrogen-bond acceptors (Lipinski definition) is 11. The van der Waals surface area contributed by atoms with Gasteiger partial charge in [-0.05, 0) is 50.5 Å². The molecule has 4 atom stereocenters. The van der Waals surface area contributed by atoms with E-state index in [9.17, 15) is 24.3 Å². The van der Waals surface area contributed by atoms with Crippen molar-refractivity contribution in [3.63, 3.8) is 0 Å². The van der Waals surface area contributed by atoms with E-state index in [-0.39, 0.29) is 37.0 Å². The van der Waals surface area contributed by atoms with Gasteiger partial charge in [-0.2, -0.15) is 0 Å². The molecule has 248 valence electrons. The minimum Gasteiger partial charge on any atom is -0.493 e. The van der Waals surface area contributed by atoms with E-state index in [1.165, 1.54) is 40.1 Å². The van der Waals surface area contributed by atoms with Crippen molar-refractivity contribution in [1.82, 2.24) is 10.3 Å². The number of cyclic esters (lactones) is 2. The van der Waals surface area contributed by atoms with Gasteiger partial charge >= 0.3 is 17.9 Å². The van der Waals surface area contributed by atoms with Crippen molar-refractivity contribution in [2.24, 2.45) is 17.3 Å². The molecule has 5 rings (SSSR count). The number of nitrogens with one attached hydrogen (secondary N) is 1. The molecule has 1 aromatic heterocycles. The van der Waals surface area contributed by atoms with Crippen LogP contribution < -0.4 is 24.3 Å². The molecule has 0 unspecified atom stereocenters. The van der Waals surface area contributed by atoms with E-state index in [0.29, 0.717) is 11.5 Å². The summed E-state index contributed by atoms with van der Waals surface area (Å²) in [5.74, 6) is -4.17. The summed E-state index contributed by atoms with van der Waals surface area (Å²) in [6, 6.07) is 14.4. The SMILES string of the molecule is COc1ccnc(C(=O)N[C@H]2COC(=O)[C@H](Cc3ccccc3)[C@H](C(C)(C)C(=O)O)[C@H](C)OC2=O)c1OCc1ccc2c(c1)OCO2. The Morgan fingerprint density at radius 1 is 1.00 bits per heavy atom. The summed E-state index contributed by atoms with van der Waals surface area (Å²) in [7, 11) is 1.40. The Balaban J connectivity index is 1.38. The molecule has 0 saturated carbocycles. The molecule has 0 spiro atoms. The van der Waals surface area contributed by atoms with Crippen LogP contribution in [-0.4, -0.2) is 66.6 Å². The first-order valence-electron chi connectivity index (χ1n) is 15.0. The number of amides is 1. The highest BCUT2D eigenvalue weighted by atomic mass is 16.7. The Bertz CT molecular complexity index is 1640. The summed E-state index contributed by atoms with van der Waals surface area (Å²) < 4.78 is 33.5. The number of carbonyl (C=O) groups excluding carboxylic acids is 3. The molecule has 3 aromatic rings. The average molecular weight is 649 g/mol. The van der Waals surface area contributed by atoms with E-state index in [0.717, 1.165) is 11.1 Å².